The second kappa shape index (κ2) is 6.26. The van der Waals surface area contributed by atoms with E-state index in [4.69, 9.17) is 9.47 Å². The van der Waals surface area contributed by atoms with Crippen molar-refractivity contribution >= 4 is 33.1 Å². The lowest BCUT2D eigenvalue weighted by Crippen LogP contribution is -2.14. The lowest BCUT2D eigenvalue weighted by atomic mass is 10.1. The fourth-order valence-corrected chi connectivity index (χ4v) is 3.25. The van der Waals surface area contributed by atoms with E-state index < -0.39 is 0 Å². The van der Waals surface area contributed by atoms with Crippen LogP contribution < -0.4 is 14.8 Å². The van der Waals surface area contributed by atoms with Crippen LogP contribution in [0.1, 0.15) is 15.4 Å². The van der Waals surface area contributed by atoms with Crippen LogP contribution in [0.3, 0.4) is 0 Å². The minimum atomic E-state index is -0.278. The number of hydrogen-bond donors (Lipinski definition) is 1. The number of hydrogen-bond acceptors (Lipinski definition) is 5. The molecular weight excluding hydrogens is 312 g/mol. The fraction of sp³-hybridized carbons (Fsp3) is 0.176. The van der Waals surface area contributed by atoms with Crippen LogP contribution in [0.5, 0.6) is 11.5 Å². The van der Waals surface area contributed by atoms with E-state index in [2.05, 4.69) is 10.3 Å². The number of ether oxygens (including phenoxy) is 2. The summed E-state index contributed by atoms with van der Waals surface area (Å²) in [6.45, 7) is 1.96. The monoisotopic (exact) mass is 328 g/mol. The summed E-state index contributed by atoms with van der Waals surface area (Å²) in [6, 6.07) is 10.9. The molecule has 6 heteroatoms. The molecule has 1 N–H and O–H groups in total. The number of benzene rings is 2. The minimum Gasteiger partial charge on any atom is -0.496 e. The van der Waals surface area contributed by atoms with Crippen molar-refractivity contribution in [1.29, 1.82) is 0 Å². The predicted molar refractivity (Wildman–Crippen MR) is 91.9 cm³/mol. The summed E-state index contributed by atoms with van der Waals surface area (Å²) < 4.78 is 11.6. The molecular formula is C17H16N2O3S. The molecule has 0 aliphatic heterocycles. The Morgan fingerprint density at radius 1 is 1.13 bits per heavy atom. The summed E-state index contributed by atoms with van der Waals surface area (Å²) in [6.07, 6.45) is 0. The average molecular weight is 328 g/mol. The zero-order valence-electron chi connectivity index (χ0n) is 13.0. The van der Waals surface area contributed by atoms with Crippen molar-refractivity contribution in [2.24, 2.45) is 0 Å². The average Bonchev–Trinajstić information content (AvgIpc) is 2.93. The van der Waals surface area contributed by atoms with Crippen LogP contribution in [0, 0.1) is 6.92 Å². The highest BCUT2D eigenvalue weighted by Gasteiger charge is 2.18. The SMILES string of the molecule is COc1cccc(OC)c1C(=O)Nc1ccc2nc(C)sc2c1. The summed E-state index contributed by atoms with van der Waals surface area (Å²) in [5.74, 6) is 0.660. The Morgan fingerprint density at radius 3 is 2.48 bits per heavy atom. The number of fused-ring (bicyclic) bond motifs is 1. The van der Waals surface area contributed by atoms with E-state index in [0.717, 1.165) is 15.2 Å². The molecule has 0 radical (unpaired) electrons. The zero-order chi connectivity index (χ0) is 16.4. The molecule has 0 spiro atoms. The molecule has 3 rings (SSSR count). The van der Waals surface area contributed by atoms with Gasteiger partial charge in [0.25, 0.3) is 5.91 Å². The fourth-order valence-electron chi connectivity index (χ4n) is 2.39. The first-order valence-electron chi connectivity index (χ1n) is 7.02. The number of nitrogens with one attached hydrogen (secondary N) is 1. The van der Waals surface area contributed by atoms with Crippen molar-refractivity contribution < 1.29 is 14.3 Å². The second-order valence-electron chi connectivity index (χ2n) is 4.91. The minimum absolute atomic E-state index is 0.278. The van der Waals surface area contributed by atoms with Crippen LogP contribution in [0.15, 0.2) is 36.4 Å². The smallest absolute Gasteiger partial charge is 0.263 e. The standard InChI is InChI=1S/C17H16N2O3S/c1-10-18-12-8-7-11(9-15(12)23-10)19-17(20)16-13(21-2)5-4-6-14(16)22-3/h4-9H,1-3H3,(H,19,20). The summed E-state index contributed by atoms with van der Waals surface area (Å²) >= 11 is 1.59. The molecule has 0 saturated heterocycles. The van der Waals surface area contributed by atoms with E-state index in [0.29, 0.717) is 22.7 Å². The maximum absolute atomic E-state index is 12.6. The van der Waals surface area contributed by atoms with Crippen LogP contribution in [-0.4, -0.2) is 25.1 Å². The maximum Gasteiger partial charge on any atom is 0.263 e. The Hall–Kier alpha value is -2.60. The van der Waals surface area contributed by atoms with Gasteiger partial charge in [-0.25, -0.2) is 4.98 Å². The number of amides is 1. The van der Waals surface area contributed by atoms with Gasteiger partial charge >= 0.3 is 0 Å². The van der Waals surface area contributed by atoms with Gasteiger partial charge in [-0.3, -0.25) is 4.79 Å². The summed E-state index contributed by atoms with van der Waals surface area (Å²) in [5, 5.41) is 3.88. The molecule has 0 aliphatic carbocycles. The Labute approximate surface area is 137 Å². The number of anilines is 1. The van der Waals surface area contributed by atoms with Crippen molar-refractivity contribution in [3.63, 3.8) is 0 Å². The topological polar surface area (TPSA) is 60.5 Å². The number of aromatic nitrogens is 1. The second-order valence-corrected chi connectivity index (χ2v) is 6.14. The van der Waals surface area contributed by atoms with E-state index in [9.17, 15) is 4.79 Å². The van der Waals surface area contributed by atoms with Crippen LogP contribution in [0.2, 0.25) is 0 Å². The molecule has 1 aromatic heterocycles. The molecule has 0 fully saturated rings. The quantitative estimate of drug-likeness (QED) is 0.790. The van der Waals surface area contributed by atoms with Crippen LogP contribution in [0.25, 0.3) is 10.2 Å². The third kappa shape index (κ3) is 2.98. The van der Waals surface area contributed by atoms with Gasteiger partial charge in [0, 0.05) is 5.69 Å². The number of methoxy groups -OCH3 is 2. The van der Waals surface area contributed by atoms with E-state index in [1.54, 1.807) is 29.5 Å². The normalized spacial score (nSPS) is 10.6. The first kappa shape index (κ1) is 15.3. The maximum atomic E-state index is 12.6. The lowest BCUT2D eigenvalue weighted by Gasteiger charge is -2.13. The summed E-state index contributed by atoms with van der Waals surface area (Å²) in [7, 11) is 3.05. The molecule has 2 aromatic carbocycles. The molecule has 5 nitrogen and oxygen atoms in total. The molecule has 0 unspecified atom stereocenters. The first-order chi connectivity index (χ1) is 11.1. The molecule has 118 valence electrons. The number of carbonyl (C=O) groups is 1. The number of nitrogens with zero attached hydrogens (tertiary/aromatic N) is 1. The Morgan fingerprint density at radius 2 is 1.83 bits per heavy atom. The van der Waals surface area contributed by atoms with Gasteiger partial charge < -0.3 is 14.8 Å². The Kier molecular flexibility index (Phi) is 4.16. The molecule has 23 heavy (non-hydrogen) atoms. The summed E-state index contributed by atoms with van der Waals surface area (Å²) in [5.41, 5.74) is 2.01. The highest BCUT2D eigenvalue weighted by Crippen LogP contribution is 2.30. The van der Waals surface area contributed by atoms with Crippen molar-refractivity contribution in [2.45, 2.75) is 6.92 Å². The molecule has 0 bridgehead atoms. The zero-order valence-corrected chi connectivity index (χ0v) is 13.9. The number of carbonyl (C=O) groups excluding carboxylic acids is 1. The highest BCUT2D eigenvalue weighted by molar-refractivity contribution is 7.18. The van der Waals surface area contributed by atoms with E-state index in [1.807, 2.05) is 25.1 Å². The van der Waals surface area contributed by atoms with Gasteiger partial charge in [0.2, 0.25) is 0 Å². The predicted octanol–water partition coefficient (Wildman–Crippen LogP) is 3.87. The van der Waals surface area contributed by atoms with Gasteiger partial charge in [-0.2, -0.15) is 0 Å². The van der Waals surface area contributed by atoms with Crippen molar-refractivity contribution in [3.05, 3.63) is 47.0 Å². The van der Waals surface area contributed by atoms with E-state index in [1.165, 1.54) is 14.2 Å². The number of aryl methyl sites for hydroxylation is 1. The third-order valence-electron chi connectivity index (χ3n) is 3.41. The Balaban J connectivity index is 1.94. The van der Waals surface area contributed by atoms with Crippen LogP contribution >= 0.6 is 11.3 Å². The van der Waals surface area contributed by atoms with E-state index >= 15 is 0 Å². The third-order valence-corrected chi connectivity index (χ3v) is 4.34. The summed E-state index contributed by atoms with van der Waals surface area (Å²) in [4.78, 5) is 17.0. The first-order valence-corrected chi connectivity index (χ1v) is 7.83. The van der Waals surface area contributed by atoms with Crippen LogP contribution in [0.4, 0.5) is 5.69 Å². The van der Waals surface area contributed by atoms with Crippen molar-refractivity contribution in [1.82, 2.24) is 4.98 Å². The molecule has 1 heterocycles. The number of rotatable bonds is 4. The van der Waals surface area contributed by atoms with Gasteiger partial charge in [-0.1, -0.05) is 6.07 Å². The molecule has 0 atom stereocenters. The van der Waals surface area contributed by atoms with Crippen molar-refractivity contribution in [3.8, 4) is 11.5 Å². The van der Waals surface area contributed by atoms with Gasteiger partial charge in [0.15, 0.2) is 0 Å². The van der Waals surface area contributed by atoms with E-state index in [-0.39, 0.29) is 5.91 Å². The van der Waals surface area contributed by atoms with Gasteiger partial charge in [-0.15, -0.1) is 11.3 Å². The van der Waals surface area contributed by atoms with Gasteiger partial charge in [0.1, 0.15) is 17.1 Å². The largest absolute Gasteiger partial charge is 0.496 e. The van der Waals surface area contributed by atoms with Gasteiger partial charge in [0.05, 0.1) is 29.4 Å². The van der Waals surface area contributed by atoms with Gasteiger partial charge in [-0.05, 0) is 37.3 Å². The van der Waals surface area contributed by atoms with Crippen molar-refractivity contribution in [2.75, 3.05) is 19.5 Å². The molecule has 0 aliphatic rings. The molecule has 0 saturated carbocycles. The van der Waals surface area contributed by atoms with Crippen LogP contribution in [-0.2, 0) is 0 Å². The number of thiazole rings is 1. The lowest BCUT2D eigenvalue weighted by molar-refractivity contribution is 0.102. The Bertz CT molecular complexity index is 851. The molecule has 3 aromatic rings. The molecule has 1 amide bonds. The highest BCUT2D eigenvalue weighted by atomic mass is 32.1.